The van der Waals surface area contributed by atoms with Gasteiger partial charge in [0.15, 0.2) is 6.07 Å². The minimum Gasteiger partial charge on any atom is -0.449 e. The summed E-state index contributed by atoms with van der Waals surface area (Å²) in [7, 11) is 0. The molecule has 110 valence electrons. The second-order valence-electron chi connectivity index (χ2n) is 5.23. The maximum Gasteiger partial charge on any atom is 0.410 e. The molecule has 7 heteroatoms. The first-order valence-corrected chi connectivity index (χ1v) is 6.66. The number of hydrogen-bond acceptors (Lipinski definition) is 5. The summed E-state index contributed by atoms with van der Waals surface area (Å²) < 4.78 is 15.2. The van der Waals surface area contributed by atoms with Crippen LogP contribution in [0.2, 0.25) is 0 Å². The second-order valence-corrected chi connectivity index (χ2v) is 5.45. The van der Waals surface area contributed by atoms with Gasteiger partial charge < -0.3 is 14.2 Å². The van der Waals surface area contributed by atoms with E-state index in [2.05, 4.69) is 4.74 Å². The van der Waals surface area contributed by atoms with Gasteiger partial charge in [-0.1, -0.05) is 11.6 Å². The Bertz CT molecular complexity index is 329. The van der Waals surface area contributed by atoms with Crippen LogP contribution in [0.4, 0.5) is 4.79 Å². The third kappa shape index (κ3) is 5.65. The highest BCUT2D eigenvalue weighted by molar-refractivity contribution is 6.17. The molecule has 0 aliphatic carbocycles. The van der Waals surface area contributed by atoms with Crippen molar-refractivity contribution in [3.8, 4) is 0 Å². The lowest BCUT2D eigenvalue weighted by Crippen LogP contribution is -2.51. The van der Waals surface area contributed by atoms with Crippen LogP contribution >= 0.6 is 11.6 Å². The second kappa shape index (κ2) is 6.96. The Morgan fingerprint density at radius 1 is 1.42 bits per heavy atom. The summed E-state index contributed by atoms with van der Waals surface area (Å²) in [5, 5.41) is 0. The third-order valence-electron chi connectivity index (χ3n) is 2.47. The number of ether oxygens (including phenoxy) is 3. The fraction of sp³-hybridized carbons (Fsp3) is 0.833. The number of rotatable bonds is 3. The normalized spacial score (nSPS) is 20.0. The van der Waals surface area contributed by atoms with Crippen molar-refractivity contribution < 1.29 is 23.8 Å². The number of nitrogens with zero attached hydrogens (tertiary/aromatic N) is 1. The lowest BCUT2D eigenvalue weighted by molar-refractivity contribution is -0.144. The fourth-order valence-corrected chi connectivity index (χ4v) is 1.82. The van der Waals surface area contributed by atoms with Gasteiger partial charge in [-0.05, 0) is 20.8 Å². The molecule has 19 heavy (non-hydrogen) atoms. The van der Waals surface area contributed by atoms with E-state index < -0.39 is 17.7 Å². The van der Waals surface area contributed by atoms with Crippen molar-refractivity contribution in [2.75, 3.05) is 25.8 Å². The molecule has 1 fully saturated rings. The highest BCUT2D eigenvalue weighted by atomic mass is 35.5. The first kappa shape index (κ1) is 16.0. The molecule has 1 saturated heterocycles. The molecule has 1 amide bonds. The summed E-state index contributed by atoms with van der Waals surface area (Å²) in [6, 6.07) is -0.571. The van der Waals surface area contributed by atoms with E-state index in [9.17, 15) is 9.59 Å². The topological polar surface area (TPSA) is 65.1 Å². The molecular formula is C12H20ClNO5. The van der Waals surface area contributed by atoms with Crippen LogP contribution in [0.1, 0.15) is 27.2 Å². The Morgan fingerprint density at radius 2 is 2.11 bits per heavy atom. The Kier molecular flexibility index (Phi) is 5.87. The van der Waals surface area contributed by atoms with Crippen molar-refractivity contribution in [2.45, 2.75) is 38.8 Å². The van der Waals surface area contributed by atoms with Crippen molar-refractivity contribution in [2.24, 2.45) is 0 Å². The van der Waals surface area contributed by atoms with Crippen LogP contribution in [0.3, 0.4) is 0 Å². The predicted octanol–water partition coefficient (Wildman–Crippen LogP) is 1.75. The van der Waals surface area contributed by atoms with E-state index in [0.29, 0.717) is 13.2 Å². The van der Waals surface area contributed by atoms with E-state index in [0.717, 1.165) is 0 Å². The van der Waals surface area contributed by atoms with Crippen molar-refractivity contribution in [3.05, 3.63) is 0 Å². The number of carbonyl (C=O) groups is 2. The van der Waals surface area contributed by atoms with Crippen LogP contribution < -0.4 is 0 Å². The van der Waals surface area contributed by atoms with Gasteiger partial charge in [0.05, 0.1) is 25.7 Å². The Morgan fingerprint density at radius 3 is 2.68 bits per heavy atom. The van der Waals surface area contributed by atoms with Crippen molar-refractivity contribution >= 4 is 23.7 Å². The van der Waals surface area contributed by atoms with Crippen molar-refractivity contribution in [1.82, 2.24) is 4.90 Å². The van der Waals surface area contributed by atoms with Gasteiger partial charge in [0.25, 0.3) is 0 Å². The number of hydrogen-bond donors (Lipinski definition) is 0. The number of alkyl halides is 1. The molecule has 1 aliphatic heterocycles. The van der Waals surface area contributed by atoms with Crippen LogP contribution in [0, 0.1) is 0 Å². The molecule has 0 saturated carbocycles. The zero-order valence-electron chi connectivity index (χ0n) is 11.5. The highest BCUT2D eigenvalue weighted by Gasteiger charge is 2.32. The van der Waals surface area contributed by atoms with E-state index in [1.165, 1.54) is 4.90 Å². The SMILES string of the molecule is CC(C)(C)OC(=O)N1CCOCC1CC(=O)OCCl. The zero-order chi connectivity index (χ0) is 14.5. The molecule has 6 nitrogen and oxygen atoms in total. The van der Waals surface area contributed by atoms with Gasteiger partial charge in [0.2, 0.25) is 0 Å². The molecule has 0 aromatic rings. The molecule has 1 aliphatic rings. The highest BCUT2D eigenvalue weighted by Crippen LogP contribution is 2.16. The summed E-state index contributed by atoms with van der Waals surface area (Å²) in [6.45, 7) is 6.50. The van der Waals surface area contributed by atoms with Gasteiger partial charge in [-0.3, -0.25) is 9.69 Å². The number of carbonyl (C=O) groups excluding carboxylic acids is 2. The number of morpholine rings is 1. The van der Waals surface area contributed by atoms with Crippen LogP contribution in [-0.4, -0.2) is 54.4 Å². The van der Waals surface area contributed by atoms with Gasteiger partial charge in [0.1, 0.15) is 5.60 Å². The summed E-state index contributed by atoms with van der Waals surface area (Å²) in [5.41, 5.74) is -0.573. The molecule has 1 atom stereocenters. The standard InChI is InChI=1S/C12H20ClNO5/c1-12(2,3)19-11(16)14-4-5-17-7-9(14)6-10(15)18-8-13/h9H,4-8H2,1-3H3. The molecule has 0 aromatic carbocycles. The van der Waals surface area contributed by atoms with Crippen molar-refractivity contribution in [3.63, 3.8) is 0 Å². The summed E-state index contributed by atoms with van der Waals surface area (Å²) in [6.07, 6.45) is -0.397. The Labute approximate surface area is 117 Å². The summed E-state index contributed by atoms with van der Waals surface area (Å²) >= 11 is 5.32. The average molecular weight is 294 g/mol. The van der Waals surface area contributed by atoms with Gasteiger partial charge in [-0.15, -0.1) is 0 Å². The predicted molar refractivity (Wildman–Crippen MR) is 69.0 cm³/mol. The lowest BCUT2D eigenvalue weighted by atomic mass is 10.1. The Balaban J connectivity index is 2.61. The first-order valence-electron chi connectivity index (χ1n) is 6.12. The number of halogens is 1. The summed E-state index contributed by atoms with van der Waals surface area (Å²) in [5.74, 6) is -0.459. The van der Waals surface area contributed by atoms with Crippen LogP contribution in [-0.2, 0) is 19.0 Å². The average Bonchev–Trinajstić information content (AvgIpc) is 2.27. The lowest BCUT2D eigenvalue weighted by Gasteiger charge is -2.36. The minimum atomic E-state index is -0.573. The number of esters is 1. The van der Waals surface area contributed by atoms with E-state index in [4.69, 9.17) is 21.1 Å². The smallest absolute Gasteiger partial charge is 0.410 e. The molecule has 1 heterocycles. The maximum absolute atomic E-state index is 12.0. The molecular weight excluding hydrogens is 274 g/mol. The van der Waals surface area contributed by atoms with E-state index in [1.54, 1.807) is 20.8 Å². The minimum absolute atomic E-state index is 0.0476. The molecule has 0 N–H and O–H groups in total. The molecule has 0 bridgehead atoms. The van der Waals surface area contributed by atoms with Crippen LogP contribution in [0.15, 0.2) is 0 Å². The van der Waals surface area contributed by atoms with Gasteiger partial charge in [-0.25, -0.2) is 4.79 Å². The van der Waals surface area contributed by atoms with E-state index >= 15 is 0 Å². The molecule has 1 unspecified atom stereocenters. The third-order valence-corrected chi connectivity index (χ3v) is 2.58. The molecule has 0 radical (unpaired) electrons. The van der Waals surface area contributed by atoms with Gasteiger partial charge in [0, 0.05) is 6.54 Å². The fourth-order valence-electron chi connectivity index (χ4n) is 1.70. The summed E-state index contributed by atoms with van der Waals surface area (Å²) in [4.78, 5) is 25.0. The van der Waals surface area contributed by atoms with E-state index in [-0.39, 0.29) is 25.1 Å². The molecule has 1 rings (SSSR count). The Hall–Kier alpha value is -1.01. The van der Waals surface area contributed by atoms with Crippen LogP contribution in [0.25, 0.3) is 0 Å². The van der Waals surface area contributed by atoms with Gasteiger partial charge in [-0.2, -0.15) is 0 Å². The van der Waals surface area contributed by atoms with Crippen LogP contribution in [0.5, 0.6) is 0 Å². The quantitative estimate of drug-likeness (QED) is 0.586. The maximum atomic E-state index is 12.0. The van der Waals surface area contributed by atoms with Crippen molar-refractivity contribution in [1.29, 1.82) is 0 Å². The zero-order valence-corrected chi connectivity index (χ0v) is 12.2. The molecule has 0 aromatic heterocycles. The molecule has 0 spiro atoms. The monoisotopic (exact) mass is 293 g/mol. The first-order chi connectivity index (χ1) is 8.83. The number of amides is 1. The van der Waals surface area contributed by atoms with Gasteiger partial charge >= 0.3 is 12.1 Å². The van der Waals surface area contributed by atoms with E-state index in [1.807, 2.05) is 0 Å². The largest absolute Gasteiger partial charge is 0.449 e.